The zero-order valence-corrected chi connectivity index (χ0v) is 19.4. The van der Waals surface area contributed by atoms with Crippen LogP contribution < -0.4 is 21.1 Å². The quantitative estimate of drug-likeness (QED) is 0.560. The van der Waals surface area contributed by atoms with Crippen molar-refractivity contribution in [3.8, 4) is 0 Å². The van der Waals surface area contributed by atoms with Crippen molar-refractivity contribution in [2.75, 3.05) is 35.6 Å². The molecule has 0 aliphatic carbocycles. The van der Waals surface area contributed by atoms with E-state index in [1.165, 1.54) is 24.0 Å². The Balaban J connectivity index is 1.09. The van der Waals surface area contributed by atoms with Crippen molar-refractivity contribution in [3.05, 3.63) is 58.3 Å². The van der Waals surface area contributed by atoms with Crippen molar-refractivity contribution < 1.29 is 18.7 Å². The number of fused-ring (bicyclic) bond motifs is 1. The topological polar surface area (TPSA) is 106 Å². The van der Waals surface area contributed by atoms with E-state index in [4.69, 9.17) is 4.74 Å². The Morgan fingerprint density at radius 3 is 2.94 bits per heavy atom. The SMILES string of the molecule is O=C1CSc2ccc(N3C[C@@H](CNC[C@H]4Cc5c(F)cnc6ccc(=O)n(c56)C4)OC3=O)cc2N1. The zero-order chi connectivity index (χ0) is 24.1. The number of amides is 2. The predicted octanol–water partition coefficient (Wildman–Crippen LogP) is 2.37. The van der Waals surface area contributed by atoms with Crippen LogP contribution in [-0.2, 0) is 22.5 Å². The molecule has 5 heterocycles. The van der Waals surface area contributed by atoms with Gasteiger partial charge in [-0.05, 0) is 36.6 Å². The molecule has 1 saturated heterocycles. The summed E-state index contributed by atoms with van der Waals surface area (Å²) < 4.78 is 21.6. The summed E-state index contributed by atoms with van der Waals surface area (Å²) in [4.78, 5) is 43.2. The smallest absolute Gasteiger partial charge is 0.414 e. The van der Waals surface area contributed by atoms with E-state index in [0.717, 1.165) is 4.90 Å². The van der Waals surface area contributed by atoms with E-state index in [2.05, 4.69) is 15.6 Å². The molecule has 0 spiro atoms. The van der Waals surface area contributed by atoms with Crippen molar-refractivity contribution >= 4 is 46.2 Å². The number of carbonyl (C=O) groups excluding carboxylic acids is 2. The van der Waals surface area contributed by atoms with Gasteiger partial charge in [0.25, 0.3) is 5.56 Å². The molecule has 2 aromatic heterocycles. The Morgan fingerprint density at radius 1 is 1.17 bits per heavy atom. The summed E-state index contributed by atoms with van der Waals surface area (Å²) in [6, 6.07) is 8.63. The van der Waals surface area contributed by atoms with Gasteiger partial charge in [0, 0.05) is 41.8 Å². The van der Waals surface area contributed by atoms with Crippen LogP contribution in [0.15, 0.2) is 46.2 Å². The molecule has 2 amide bonds. The van der Waals surface area contributed by atoms with Gasteiger partial charge in [-0.3, -0.25) is 19.5 Å². The first-order chi connectivity index (χ1) is 17.0. The highest BCUT2D eigenvalue weighted by Gasteiger charge is 2.33. The van der Waals surface area contributed by atoms with Gasteiger partial charge in [0.05, 0.1) is 35.2 Å². The number of halogens is 1. The van der Waals surface area contributed by atoms with E-state index in [-0.39, 0.29) is 23.5 Å². The second-order valence-corrected chi connectivity index (χ2v) is 9.98. The molecule has 2 atom stereocenters. The summed E-state index contributed by atoms with van der Waals surface area (Å²) in [7, 11) is 0. The molecule has 3 aromatic rings. The molecular weight excluding hydrogens is 473 g/mol. The fraction of sp³-hybridized carbons (Fsp3) is 0.333. The number of hydrogen-bond donors (Lipinski definition) is 2. The Labute approximate surface area is 203 Å². The number of anilines is 2. The van der Waals surface area contributed by atoms with Gasteiger partial charge in [0.15, 0.2) is 0 Å². The number of hydrogen-bond acceptors (Lipinski definition) is 7. The van der Waals surface area contributed by atoms with Gasteiger partial charge in [-0.15, -0.1) is 11.8 Å². The van der Waals surface area contributed by atoms with Crippen LogP contribution in [0, 0.1) is 11.7 Å². The second-order valence-electron chi connectivity index (χ2n) is 8.96. The van der Waals surface area contributed by atoms with Crippen molar-refractivity contribution in [3.63, 3.8) is 0 Å². The molecular formula is C24H22FN5O4S. The molecule has 3 aliphatic rings. The highest BCUT2D eigenvalue weighted by molar-refractivity contribution is 8.00. The summed E-state index contributed by atoms with van der Waals surface area (Å²) in [6.07, 6.45) is 0.910. The molecule has 180 valence electrons. The molecule has 1 aromatic carbocycles. The lowest BCUT2D eigenvalue weighted by atomic mass is 9.94. The summed E-state index contributed by atoms with van der Waals surface area (Å²) in [5.74, 6) is -0.0731. The van der Waals surface area contributed by atoms with Gasteiger partial charge >= 0.3 is 6.09 Å². The fourth-order valence-corrected chi connectivity index (χ4v) is 5.74. The molecule has 0 unspecified atom stereocenters. The highest BCUT2D eigenvalue weighted by Crippen LogP contribution is 2.35. The van der Waals surface area contributed by atoms with Crippen LogP contribution in [-0.4, -0.2) is 53.0 Å². The molecule has 2 N–H and O–H groups in total. The third-order valence-corrected chi connectivity index (χ3v) is 7.65. The summed E-state index contributed by atoms with van der Waals surface area (Å²) in [5, 5.41) is 6.17. The van der Waals surface area contributed by atoms with Crippen molar-refractivity contribution in [1.82, 2.24) is 14.9 Å². The van der Waals surface area contributed by atoms with Crippen LogP contribution in [0.1, 0.15) is 5.56 Å². The molecule has 35 heavy (non-hydrogen) atoms. The van der Waals surface area contributed by atoms with Crippen molar-refractivity contribution in [2.24, 2.45) is 5.92 Å². The molecule has 6 rings (SSSR count). The van der Waals surface area contributed by atoms with Crippen molar-refractivity contribution in [2.45, 2.75) is 24.0 Å². The van der Waals surface area contributed by atoms with Crippen molar-refractivity contribution in [1.29, 1.82) is 0 Å². The summed E-state index contributed by atoms with van der Waals surface area (Å²) in [5.41, 5.74) is 2.90. The number of rotatable bonds is 5. The second kappa shape index (κ2) is 8.65. The number of nitrogens with one attached hydrogen (secondary N) is 2. The maximum absolute atomic E-state index is 14.5. The van der Waals surface area contributed by atoms with E-state index in [1.54, 1.807) is 21.6 Å². The highest BCUT2D eigenvalue weighted by atomic mass is 32.2. The van der Waals surface area contributed by atoms with Crippen LogP contribution in [0.25, 0.3) is 11.0 Å². The zero-order valence-electron chi connectivity index (χ0n) is 18.6. The standard InChI is InChI=1S/C24H22FN5O4S/c25-17-9-27-18-2-4-22(32)30-10-13(5-16(17)23(18)30)7-26-8-15-11-29(24(33)34-15)14-1-3-20-19(6-14)28-21(31)12-35-20/h1-4,6,9,13,15,26H,5,7-8,10-12H2,(H,28,31)/t13-,15-/m1/s1. The van der Waals surface area contributed by atoms with Gasteiger partial charge < -0.3 is 19.9 Å². The number of carbonyl (C=O) groups is 2. The lowest BCUT2D eigenvalue weighted by Gasteiger charge is -2.27. The minimum absolute atomic E-state index is 0.0117. The third kappa shape index (κ3) is 4.04. The van der Waals surface area contributed by atoms with E-state index in [0.29, 0.717) is 66.3 Å². The first kappa shape index (κ1) is 22.1. The number of cyclic esters (lactones) is 1. The van der Waals surface area contributed by atoms with Gasteiger partial charge in [-0.2, -0.15) is 0 Å². The van der Waals surface area contributed by atoms with Gasteiger partial charge in [0.2, 0.25) is 5.91 Å². The normalized spacial score (nSPS) is 21.1. The monoisotopic (exact) mass is 495 g/mol. The molecule has 3 aliphatic heterocycles. The van der Waals surface area contributed by atoms with Crippen LogP contribution in [0.3, 0.4) is 0 Å². The third-order valence-electron chi connectivity index (χ3n) is 6.57. The van der Waals surface area contributed by atoms with E-state index in [1.807, 2.05) is 12.1 Å². The number of aromatic nitrogens is 2. The Hall–Kier alpha value is -3.44. The Morgan fingerprint density at radius 2 is 2.06 bits per heavy atom. The first-order valence-electron chi connectivity index (χ1n) is 11.4. The van der Waals surface area contributed by atoms with Crippen LogP contribution in [0.2, 0.25) is 0 Å². The Bertz CT molecular complexity index is 1430. The van der Waals surface area contributed by atoms with E-state index < -0.39 is 11.9 Å². The first-order valence-corrected chi connectivity index (χ1v) is 12.4. The number of pyridine rings is 2. The maximum Gasteiger partial charge on any atom is 0.414 e. The maximum atomic E-state index is 14.5. The largest absolute Gasteiger partial charge is 0.443 e. The van der Waals surface area contributed by atoms with Gasteiger partial charge in [0.1, 0.15) is 11.9 Å². The minimum atomic E-state index is -0.439. The lowest BCUT2D eigenvalue weighted by molar-refractivity contribution is -0.113. The van der Waals surface area contributed by atoms with Gasteiger partial charge in [-0.1, -0.05) is 0 Å². The molecule has 1 fully saturated rings. The van der Waals surface area contributed by atoms with Crippen LogP contribution in [0.4, 0.5) is 20.6 Å². The summed E-state index contributed by atoms with van der Waals surface area (Å²) in [6.45, 7) is 1.82. The predicted molar refractivity (Wildman–Crippen MR) is 129 cm³/mol. The average molecular weight is 496 g/mol. The summed E-state index contributed by atoms with van der Waals surface area (Å²) >= 11 is 1.47. The fourth-order valence-electron chi connectivity index (χ4n) is 4.96. The number of thioether (sulfide) groups is 1. The molecule has 11 heteroatoms. The van der Waals surface area contributed by atoms with E-state index >= 15 is 0 Å². The van der Waals surface area contributed by atoms with Crippen LogP contribution in [0.5, 0.6) is 0 Å². The number of benzene rings is 1. The molecule has 0 radical (unpaired) electrons. The number of ether oxygens (including phenoxy) is 1. The van der Waals surface area contributed by atoms with E-state index in [9.17, 15) is 18.8 Å². The average Bonchev–Trinajstić information content (AvgIpc) is 3.22. The minimum Gasteiger partial charge on any atom is -0.443 e. The molecule has 0 saturated carbocycles. The van der Waals surface area contributed by atoms with Crippen LogP contribution >= 0.6 is 11.8 Å². The molecule has 0 bridgehead atoms. The number of nitrogens with zero attached hydrogens (tertiary/aromatic N) is 3. The molecule has 9 nitrogen and oxygen atoms in total. The van der Waals surface area contributed by atoms with Gasteiger partial charge in [-0.25, -0.2) is 9.18 Å². The Kier molecular flexibility index (Phi) is 5.45. The lowest BCUT2D eigenvalue weighted by Crippen LogP contribution is -2.38.